The van der Waals surface area contributed by atoms with E-state index >= 15 is 0 Å². The zero-order valence-electron chi connectivity index (χ0n) is 16.3. The Bertz CT molecular complexity index is 872. The smallest absolute Gasteiger partial charge is 0.240 e. The van der Waals surface area contributed by atoms with Crippen molar-refractivity contribution in [3.8, 4) is 0 Å². The maximum atomic E-state index is 11.8. The molecule has 0 aliphatic carbocycles. The highest BCUT2D eigenvalue weighted by Gasteiger charge is 2.20. The van der Waals surface area contributed by atoms with Crippen molar-refractivity contribution in [3.63, 3.8) is 0 Å². The summed E-state index contributed by atoms with van der Waals surface area (Å²) in [4.78, 5) is 9.71. The molecule has 0 bridgehead atoms. The molecule has 0 spiro atoms. The fourth-order valence-electron chi connectivity index (χ4n) is 3.07. The number of thiophene rings is 1. The van der Waals surface area contributed by atoms with Crippen molar-refractivity contribution in [2.24, 2.45) is 4.99 Å². The summed E-state index contributed by atoms with van der Waals surface area (Å²) in [5.74, 6) is 0.903. The Morgan fingerprint density at radius 2 is 1.86 bits per heavy atom. The molecule has 0 atom stereocenters. The summed E-state index contributed by atoms with van der Waals surface area (Å²) in [7, 11) is -1.99. The Morgan fingerprint density at radius 1 is 1.14 bits per heavy atom. The number of aliphatic imine (C=N–C) groups is 1. The molecule has 0 radical (unpaired) electrons. The Balaban J connectivity index is 1.63. The molecule has 1 fully saturated rings. The van der Waals surface area contributed by atoms with Crippen LogP contribution in [0.25, 0.3) is 0 Å². The van der Waals surface area contributed by atoms with Crippen LogP contribution in [0.15, 0.2) is 51.7 Å². The fourth-order valence-corrected chi connectivity index (χ4v) is 4.59. The molecule has 0 saturated carbocycles. The third-order valence-corrected chi connectivity index (χ3v) is 7.00. The van der Waals surface area contributed by atoms with Crippen molar-refractivity contribution >= 4 is 32.3 Å². The van der Waals surface area contributed by atoms with Crippen LogP contribution >= 0.6 is 11.3 Å². The Hall–Kier alpha value is -2.10. The van der Waals surface area contributed by atoms with Crippen molar-refractivity contribution in [3.05, 3.63) is 47.3 Å². The zero-order valence-corrected chi connectivity index (χ0v) is 17.9. The normalized spacial score (nSPS) is 15.7. The lowest BCUT2D eigenvalue weighted by Gasteiger charge is -2.37. The largest absolute Gasteiger partial charge is 0.360 e. The Kier molecular flexibility index (Phi) is 6.93. The molecule has 1 aromatic carbocycles. The SMILES string of the molecule is CCNC(=NCc1ccc(S(=O)(=O)NC)cc1)N1CCN(c2cccs2)CC1. The first-order valence-electron chi connectivity index (χ1n) is 9.37. The minimum Gasteiger partial charge on any atom is -0.360 e. The van der Waals surface area contributed by atoms with Gasteiger partial charge in [0, 0.05) is 32.7 Å². The first-order valence-corrected chi connectivity index (χ1v) is 11.7. The van der Waals surface area contributed by atoms with Gasteiger partial charge in [-0.3, -0.25) is 0 Å². The Labute approximate surface area is 171 Å². The number of nitrogens with zero attached hydrogens (tertiary/aromatic N) is 3. The maximum Gasteiger partial charge on any atom is 0.240 e. The first kappa shape index (κ1) is 20.6. The van der Waals surface area contributed by atoms with E-state index in [9.17, 15) is 8.42 Å². The molecule has 0 unspecified atom stereocenters. The van der Waals surface area contributed by atoms with Gasteiger partial charge in [-0.2, -0.15) is 0 Å². The summed E-state index contributed by atoms with van der Waals surface area (Å²) >= 11 is 1.78. The quantitative estimate of drug-likeness (QED) is 0.551. The number of benzene rings is 1. The van der Waals surface area contributed by atoms with Crippen LogP contribution in [0.4, 0.5) is 5.00 Å². The number of sulfonamides is 1. The topological polar surface area (TPSA) is 77.0 Å². The predicted octanol–water partition coefficient (Wildman–Crippen LogP) is 1.94. The summed E-state index contributed by atoms with van der Waals surface area (Å²) in [6, 6.07) is 11.1. The monoisotopic (exact) mass is 421 g/mol. The van der Waals surface area contributed by atoms with Crippen LogP contribution in [0.3, 0.4) is 0 Å². The molecular formula is C19H27N5O2S2. The second kappa shape index (κ2) is 9.40. The molecule has 1 aliphatic heterocycles. The Morgan fingerprint density at radius 3 is 2.43 bits per heavy atom. The van der Waals surface area contributed by atoms with Gasteiger partial charge in [-0.05, 0) is 49.2 Å². The van der Waals surface area contributed by atoms with E-state index < -0.39 is 10.0 Å². The molecule has 1 saturated heterocycles. The first-order chi connectivity index (χ1) is 13.5. The average molecular weight is 422 g/mol. The lowest BCUT2D eigenvalue weighted by molar-refractivity contribution is 0.373. The number of anilines is 1. The van der Waals surface area contributed by atoms with Crippen LogP contribution in [0.2, 0.25) is 0 Å². The molecule has 7 nitrogen and oxygen atoms in total. The fraction of sp³-hybridized carbons (Fsp3) is 0.421. The van der Waals surface area contributed by atoms with Gasteiger partial charge in [0.1, 0.15) is 0 Å². The lowest BCUT2D eigenvalue weighted by Crippen LogP contribution is -2.52. The minimum atomic E-state index is -3.41. The highest BCUT2D eigenvalue weighted by Crippen LogP contribution is 2.22. The predicted molar refractivity (Wildman–Crippen MR) is 116 cm³/mol. The third-order valence-electron chi connectivity index (χ3n) is 4.65. The van der Waals surface area contributed by atoms with E-state index in [1.54, 1.807) is 23.5 Å². The van der Waals surface area contributed by atoms with Crippen LogP contribution in [-0.2, 0) is 16.6 Å². The van der Waals surface area contributed by atoms with E-state index in [4.69, 9.17) is 4.99 Å². The number of hydrogen-bond acceptors (Lipinski definition) is 5. The molecule has 1 aliphatic rings. The summed E-state index contributed by atoms with van der Waals surface area (Å²) in [6.45, 7) is 7.17. The van der Waals surface area contributed by atoms with Crippen molar-refractivity contribution in [2.75, 3.05) is 44.7 Å². The molecule has 2 heterocycles. The minimum absolute atomic E-state index is 0.263. The standard InChI is InChI=1S/C19H27N5O2S2/c1-3-21-19(24-12-10-23(11-13-24)18-5-4-14-27-18)22-15-16-6-8-17(9-7-16)28(25,26)20-2/h4-9,14,20H,3,10-13,15H2,1-2H3,(H,21,22). The number of rotatable bonds is 6. The van der Waals surface area contributed by atoms with Crippen molar-refractivity contribution in [1.29, 1.82) is 0 Å². The molecule has 9 heteroatoms. The van der Waals surface area contributed by atoms with E-state index in [0.717, 1.165) is 44.2 Å². The molecule has 2 aromatic rings. The third kappa shape index (κ3) is 5.03. The van der Waals surface area contributed by atoms with E-state index in [1.807, 2.05) is 12.1 Å². The van der Waals surface area contributed by atoms with Crippen LogP contribution < -0.4 is 14.9 Å². The number of guanidine groups is 1. The second-order valence-corrected chi connectivity index (χ2v) is 9.26. The number of nitrogens with one attached hydrogen (secondary N) is 2. The van der Waals surface area contributed by atoms with E-state index in [0.29, 0.717) is 6.54 Å². The lowest BCUT2D eigenvalue weighted by atomic mass is 10.2. The maximum absolute atomic E-state index is 11.8. The molecular weight excluding hydrogens is 394 g/mol. The van der Waals surface area contributed by atoms with E-state index in [1.165, 1.54) is 12.0 Å². The summed E-state index contributed by atoms with van der Waals surface area (Å²) in [5, 5.41) is 6.80. The van der Waals surface area contributed by atoms with Gasteiger partial charge >= 0.3 is 0 Å². The van der Waals surface area contributed by atoms with Crippen molar-refractivity contribution in [1.82, 2.24) is 14.9 Å². The van der Waals surface area contributed by atoms with Gasteiger partial charge in [-0.1, -0.05) is 12.1 Å². The molecule has 2 N–H and O–H groups in total. The molecule has 3 rings (SSSR count). The van der Waals surface area contributed by atoms with E-state index in [-0.39, 0.29) is 4.90 Å². The van der Waals surface area contributed by atoms with Gasteiger partial charge in [0.15, 0.2) is 5.96 Å². The summed E-state index contributed by atoms with van der Waals surface area (Å²) in [6.07, 6.45) is 0. The van der Waals surface area contributed by atoms with Gasteiger partial charge < -0.3 is 15.1 Å². The van der Waals surface area contributed by atoms with Crippen LogP contribution in [0, 0.1) is 0 Å². The van der Waals surface area contributed by atoms with Crippen LogP contribution in [0.1, 0.15) is 12.5 Å². The van der Waals surface area contributed by atoms with Crippen molar-refractivity contribution in [2.45, 2.75) is 18.4 Å². The number of hydrogen-bond donors (Lipinski definition) is 2. The molecule has 0 amide bonds. The molecule has 1 aromatic heterocycles. The van der Waals surface area contributed by atoms with E-state index in [2.05, 4.69) is 44.3 Å². The highest BCUT2D eigenvalue weighted by atomic mass is 32.2. The summed E-state index contributed by atoms with van der Waals surface area (Å²) < 4.78 is 26.0. The van der Waals surface area contributed by atoms with Gasteiger partial charge in [0.05, 0.1) is 16.4 Å². The van der Waals surface area contributed by atoms with Gasteiger partial charge in [0.25, 0.3) is 0 Å². The number of piperazine rings is 1. The van der Waals surface area contributed by atoms with Gasteiger partial charge in [-0.15, -0.1) is 11.3 Å². The van der Waals surface area contributed by atoms with Gasteiger partial charge in [-0.25, -0.2) is 18.1 Å². The second-order valence-electron chi connectivity index (χ2n) is 6.45. The van der Waals surface area contributed by atoms with Crippen molar-refractivity contribution < 1.29 is 8.42 Å². The highest BCUT2D eigenvalue weighted by molar-refractivity contribution is 7.89. The van der Waals surface area contributed by atoms with Gasteiger partial charge in [0.2, 0.25) is 10.0 Å². The average Bonchev–Trinajstić information content (AvgIpc) is 3.26. The summed E-state index contributed by atoms with van der Waals surface area (Å²) in [5.41, 5.74) is 0.975. The van der Waals surface area contributed by atoms with Crippen LogP contribution in [0.5, 0.6) is 0 Å². The molecule has 152 valence electrons. The zero-order chi connectivity index (χ0) is 20.0. The molecule has 28 heavy (non-hydrogen) atoms. The van der Waals surface area contributed by atoms with Crippen LogP contribution in [-0.4, -0.2) is 59.0 Å².